The van der Waals surface area contributed by atoms with Crippen molar-refractivity contribution < 1.29 is 18.3 Å². The summed E-state index contributed by atoms with van der Waals surface area (Å²) >= 11 is 3.32. The first-order valence-corrected chi connectivity index (χ1v) is 6.41. The van der Waals surface area contributed by atoms with Crippen LogP contribution in [0.25, 0.3) is 0 Å². The molecule has 0 aliphatic carbocycles. The Labute approximate surface area is 118 Å². The van der Waals surface area contributed by atoms with Crippen LogP contribution in [-0.2, 0) is 0 Å². The molecule has 0 saturated heterocycles. The van der Waals surface area contributed by atoms with Crippen LogP contribution in [0.15, 0.2) is 46.9 Å². The van der Waals surface area contributed by atoms with Gasteiger partial charge < -0.3 is 9.47 Å². The van der Waals surface area contributed by atoms with E-state index in [9.17, 15) is 8.78 Å². The topological polar surface area (TPSA) is 18.5 Å². The number of benzene rings is 2. The minimum Gasteiger partial charge on any atom is -0.490 e. The Morgan fingerprint density at radius 1 is 0.895 bits per heavy atom. The second-order valence-corrected chi connectivity index (χ2v) is 4.62. The van der Waals surface area contributed by atoms with Crippen LogP contribution in [0.2, 0.25) is 0 Å². The SMILES string of the molecule is Fc1cccc(OCCOc2ccc(Br)cc2)c1F. The van der Waals surface area contributed by atoms with Crippen LogP contribution in [-0.4, -0.2) is 13.2 Å². The van der Waals surface area contributed by atoms with Crippen LogP contribution in [0.1, 0.15) is 0 Å². The molecule has 0 saturated carbocycles. The molecule has 0 fully saturated rings. The van der Waals surface area contributed by atoms with E-state index in [4.69, 9.17) is 9.47 Å². The summed E-state index contributed by atoms with van der Waals surface area (Å²) in [5.74, 6) is -1.33. The standard InChI is InChI=1S/C14H11BrF2O2/c15-10-4-6-11(7-5-10)18-8-9-19-13-3-1-2-12(16)14(13)17/h1-7H,8-9H2. The van der Waals surface area contributed by atoms with Gasteiger partial charge in [-0.05, 0) is 36.4 Å². The molecule has 5 heteroatoms. The molecule has 100 valence electrons. The van der Waals surface area contributed by atoms with Crippen LogP contribution in [0.5, 0.6) is 11.5 Å². The van der Waals surface area contributed by atoms with E-state index < -0.39 is 11.6 Å². The second kappa shape index (κ2) is 6.52. The molecule has 2 nitrogen and oxygen atoms in total. The Morgan fingerprint density at radius 2 is 1.58 bits per heavy atom. The Bertz CT molecular complexity index is 544. The Balaban J connectivity index is 1.81. The molecule has 0 aromatic heterocycles. The number of halogens is 3. The molecule has 0 atom stereocenters. The fraction of sp³-hybridized carbons (Fsp3) is 0.143. The van der Waals surface area contributed by atoms with Gasteiger partial charge in [0, 0.05) is 4.47 Å². The van der Waals surface area contributed by atoms with Gasteiger partial charge in [-0.1, -0.05) is 22.0 Å². The van der Waals surface area contributed by atoms with E-state index in [0.29, 0.717) is 5.75 Å². The Morgan fingerprint density at radius 3 is 2.32 bits per heavy atom. The Hall–Kier alpha value is -1.62. The molecule has 0 N–H and O–H groups in total. The van der Waals surface area contributed by atoms with Crippen LogP contribution < -0.4 is 9.47 Å². The summed E-state index contributed by atoms with van der Waals surface area (Å²) in [6, 6.07) is 11.1. The zero-order valence-electron chi connectivity index (χ0n) is 9.91. The lowest BCUT2D eigenvalue weighted by atomic mass is 10.3. The van der Waals surface area contributed by atoms with Gasteiger partial charge in [0.15, 0.2) is 11.6 Å². The van der Waals surface area contributed by atoms with Crippen LogP contribution in [0.3, 0.4) is 0 Å². The fourth-order valence-corrected chi connectivity index (χ4v) is 1.70. The molecule has 2 aromatic rings. The molecule has 2 rings (SSSR count). The largest absolute Gasteiger partial charge is 0.490 e. The summed E-state index contributed by atoms with van der Waals surface area (Å²) in [5, 5.41) is 0. The van der Waals surface area contributed by atoms with Crippen LogP contribution >= 0.6 is 15.9 Å². The number of hydrogen-bond donors (Lipinski definition) is 0. The van der Waals surface area contributed by atoms with E-state index >= 15 is 0 Å². The summed E-state index contributed by atoms with van der Waals surface area (Å²) in [6.07, 6.45) is 0. The van der Waals surface area contributed by atoms with E-state index in [1.54, 1.807) is 12.1 Å². The summed E-state index contributed by atoms with van der Waals surface area (Å²) < 4.78 is 37.6. The van der Waals surface area contributed by atoms with Crippen molar-refractivity contribution in [2.24, 2.45) is 0 Å². The molecular formula is C14H11BrF2O2. The van der Waals surface area contributed by atoms with Crippen molar-refractivity contribution in [3.8, 4) is 11.5 Å². The molecule has 19 heavy (non-hydrogen) atoms. The maximum atomic E-state index is 13.3. The molecule has 0 radical (unpaired) electrons. The molecule has 0 amide bonds. The highest BCUT2D eigenvalue weighted by atomic mass is 79.9. The van der Waals surface area contributed by atoms with Crippen LogP contribution in [0, 0.1) is 11.6 Å². The highest BCUT2D eigenvalue weighted by molar-refractivity contribution is 9.10. The lowest BCUT2D eigenvalue weighted by Gasteiger charge is -2.09. The number of rotatable bonds is 5. The first-order chi connectivity index (χ1) is 9.16. The van der Waals surface area contributed by atoms with Gasteiger partial charge in [-0.3, -0.25) is 0 Å². The third-order valence-electron chi connectivity index (χ3n) is 2.34. The highest BCUT2D eigenvalue weighted by Crippen LogP contribution is 2.19. The van der Waals surface area contributed by atoms with Crippen molar-refractivity contribution in [2.45, 2.75) is 0 Å². The zero-order valence-corrected chi connectivity index (χ0v) is 11.5. The number of hydrogen-bond acceptors (Lipinski definition) is 2. The summed E-state index contributed by atoms with van der Waals surface area (Å²) in [4.78, 5) is 0. The van der Waals surface area contributed by atoms with Gasteiger partial charge >= 0.3 is 0 Å². The fourth-order valence-electron chi connectivity index (χ4n) is 1.44. The molecule has 0 heterocycles. The van der Waals surface area contributed by atoms with E-state index in [0.717, 1.165) is 10.5 Å². The molecular weight excluding hydrogens is 318 g/mol. The smallest absolute Gasteiger partial charge is 0.200 e. The van der Waals surface area contributed by atoms with Gasteiger partial charge in [-0.25, -0.2) is 4.39 Å². The minimum absolute atomic E-state index is 0.112. The summed E-state index contributed by atoms with van der Waals surface area (Å²) in [7, 11) is 0. The van der Waals surface area contributed by atoms with Crippen molar-refractivity contribution >= 4 is 15.9 Å². The van der Waals surface area contributed by atoms with E-state index in [1.165, 1.54) is 12.1 Å². The van der Waals surface area contributed by atoms with Gasteiger partial charge in [0.2, 0.25) is 5.82 Å². The third kappa shape index (κ3) is 3.92. The maximum absolute atomic E-state index is 13.3. The molecule has 0 aliphatic heterocycles. The first kappa shape index (κ1) is 13.8. The van der Waals surface area contributed by atoms with Gasteiger partial charge in [0.1, 0.15) is 19.0 Å². The number of ether oxygens (including phenoxy) is 2. The molecule has 2 aromatic carbocycles. The van der Waals surface area contributed by atoms with Crippen molar-refractivity contribution in [2.75, 3.05) is 13.2 Å². The molecule has 0 spiro atoms. The van der Waals surface area contributed by atoms with Gasteiger partial charge in [-0.2, -0.15) is 4.39 Å². The zero-order chi connectivity index (χ0) is 13.7. The van der Waals surface area contributed by atoms with Gasteiger partial charge in [0.05, 0.1) is 0 Å². The monoisotopic (exact) mass is 328 g/mol. The van der Waals surface area contributed by atoms with E-state index in [2.05, 4.69) is 15.9 Å². The first-order valence-electron chi connectivity index (χ1n) is 5.62. The lowest BCUT2D eigenvalue weighted by molar-refractivity contribution is 0.210. The van der Waals surface area contributed by atoms with Crippen molar-refractivity contribution in [3.05, 3.63) is 58.6 Å². The minimum atomic E-state index is -0.980. The van der Waals surface area contributed by atoms with Gasteiger partial charge in [0.25, 0.3) is 0 Å². The lowest BCUT2D eigenvalue weighted by Crippen LogP contribution is -2.10. The normalized spacial score (nSPS) is 10.3. The molecule has 0 unspecified atom stereocenters. The van der Waals surface area contributed by atoms with Crippen LogP contribution in [0.4, 0.5) is 8.78 Å². The molecule has 0 aliphatic rings. The average Bonchev–Trinajstić information content (AvgIpc) is 2.41. The molecule has 0 bridgehead atoms. The third-order valence-corrected chi connectivity index (χ3v) is 2.87. The van der Waals surface area contributed by atoms with Crippen molar-refractivity contribution in [1.82, 2.24) is 0 Å². The van der Waals surface area contributed by atoms with Crippen molar-refractivity contribution in [3.63, 3.8) is 0 Å². The maximum Gasteiger partial charge on any atom is 0.200 e. The summed E-state index contributed by atoms with van der Waals surface area (Å²) in [5.41, 5.74) is 0. The van der Waals surface area contributed by atoms with Gasteiger partial charge in [-0.15, -0.1) is 0 Å². The van der Waals surface area contributed by atoms with E-state index in [-0.39, 0.29) is 19.0 Å². The highest BCUT2D eigenvalue weighted by Gasteiger charge is 2.08. The average molecular weight is 329 g/mol. The van der Waals surface area contributed by atoms with E-state index in [1.807, 2.05) is 12.1 Å². The summed E-state index contributed by atoms with van der Waals surface area (Å²) in [6.45, 7) is 0.383. The predicted molar refractivity (Wildman–Crippen MR) is 71.5 cm³/mol. The second-order valence-electron chi connectivity index (χ2n) is 3.70. The van der Waals surface area contributed by atoms with Crippen molar-refractivity contribution in [1.29, 1.82) is 0 Å². The quantitative estimate of drug-likeness (QED) is 0.766. The predicted octanol–water partition coefficient (Wildman–Crippen LogP) is 4.19. The Kier molecular flexibility index (Phi) is 4.74.